The van der Waals surface area contributed by atoms with Crippen LogP contribution < -0.4 is 5.10 Å². The number of aryl methyl sites for hydroxylation is 1. The van der Waals surface area contributed by atoms with Crippen LogP contribution in [-0.4, -0.2) is 41.3 Å². The molecule has 0 saturated heterocycles. The van der Waals surface area contributed by atoms with E-state index in [0.717, 1.165) is 29.4 Å². The third kappa shape index (κ3) is 13.5. The summed E-state index contributed by atoms with van der Waals surface area (Å²) in [6.07, 6.45) is 10.4. The predicted molar refractivity (Wildman–Crippen MR) is 200 cm³/mol. The fourth-order valence-corrected chi connectivity index (χ4v) is 5.63. The molecule has 0 bridgehead atoms. The number of thiocarbonyl (C=S) groups is 1. The molecule has 0 saturated carbocycles. The van der Waals surface area contributed by atoms with Crippen molar-refractivity contribution in [3.8, 4) is 34.2 Å². The first-order chi connectivity index (χ1) is 25.1. The Balaban J connectivity index is 0.000000269. The molecule has 6 aromatic rings. The van der Waals surface area contributed by atoms with E-state index in [2.05, 4.69) is 61.4 Å². The van der Waals surface area contributed by atoms with Crippen LogP contribution in [0, 0.1) is 0 Å². The van der Waals surface area contributed by atoms with Crippen molar-refractivity contribution in [2.45, 2.75) is 45.2 Å². The molecule has 0 radical (unpaired) electrons. The van der Waals surface area contributed by atoms with Gasteiger partial charge in [-0.15, -0.1) is 11.3 Å². The average Bonchev–Trinajstić information content (AvgIpc) is 3.85. The van der Waals surface area contributed by atoms with Crippen LogP contribution >= 0.6 is 23.6 Å². The van der Waals surface area contributed by atoms with E-state index in [4.69, 9.17) is 10.5 Å². The van der Waals surface area contributed by atoms with Crippen molar-refractivity contribution in [2.24, 2.45) is 0 Å². The molecule has 6 heterocycles. The molecule has 0 spiro atoms. The third-order valence-corrected chi connectivity index (χ3v) is 8.33. The van der Waals surface area contributed by atoms with E-state index >= 15 is 0 Å². The number of hydrogen-bond donors (Lipinski definition) is 1. The number of pyridine rings is 4. The number of halogens is 3. The van der Waals surface area contributed by atoms with E-state index in [1.807, 2.05) is 42.5 Å². The van der Waals surface area contributed by atoms with Crippen LogP contribution in [0.3, 0.4) is 0 Å². The molecule has 6 rings (SSSR count). The maximum Gasteiger partial charge on any atom is 2.00 e. The Morgan fingerprint density at radius 3 is 2.26 bits per heavy atom. The maximum absolute atomic E-state index is 12.6. The van der Waals surface area contributed by atoms with Gasteiger partial charge in [0.2, 0.25) is 0 Å². The standard InChI is InChI=1S/C21H21F3N3S.C16H11N3O2.CNS.Ru/c1-2-3-4-5-6-16-10-11-17(28-16)9-7-15-8-12-18(25-14-15)19-13-20(27-26-19)21(22,23)24;20-16(21)11-7-9-18-15(10-11)14-6-3-5-13(19-14)12-4-1-2-8-17-12;2-1-3;/h7-14H,2-6H2,1H3;1-10H,(H,20,21);;/q-1;;-1;+2/b9-7+;;;. The topological polar surface area (TPSA) is 138 Å². The van der Waals surface area contributed by atoms with Crippen molar-refractivity contribution in [1.82, 2.24) is 30.1 Å². The number of aromatic nitrogens is 6. The molecule has 9 nitrogen and oxygen atoms in total. The SMILES string of the molecule is CCCCCCc1ccc(/C=C/c2ccc(-c3cc(C(F)(F)F)n[n-]3)nc2)s1.O=C(O)c1ccnc(-c2cccc(-c3ccccn3)n2)c1.[N-]=C=S.[Ru+2]. The Hall–Kier alpha value is -5.07. The van der Waals surface area contributed by atoms with Crippen LogP contribution in [0.2, 0.25) is 0 Å². The summed E-state index contributed by atoms with van der Waals surface area (Å²) >= 11 is 5.48. The van der Waals surface area contributed by atoms with Gasteiger partial charge in [0.1, 0.15) is 5.69 Å². The number of carboxylic acids is 1. The molecule has 0 unspecified atom stereocenters. The number of carbonyl (C=O) groups is 1. The first kappa shape index (κ1) is 42.3. The third-order valence-electron chi connectivity index (χ3n) is 7.22. The van der Waals surface area contributed by atoms with Crippen LogP contribution in [0.25, 0.3) is 51.7 Å². The van der Waals surface area contributed by atoms with Crippen LogP contribution in [0.5, 0.6) is 0 Å². The van der Waals surface area contributed by atoms with Crippen molar-refractivity contribution >= 4 is 46.8 Å². The molecule has 0 atom stereocenters. The number of alkyl halides is 3. The van der Waals surface area contributed by atoms with Gasteiger partial charge in [0.05, 0.1) is 28.3 Å². The summed E-state index contributed by atoms with van der Waals surface area (Å²) in [5, 5.41) is 24.2. The molecule has 0 aromatic carbocycles. The van der Waals surface area contributed by atoms with Crippen molar-refractivity contribution < 1.29 is 42.6 Å². The molecule has 0 amide bonds. The number of rotatable bonds is 11. The van der Waals surface area contributed by atoms with Gasteiger partial charge in [-0.1, -0.05) is 68.4 Å². The molecular formula is C38H32F3N7O2RuS2. The summed E-state index contributed by atoms with van der Waals surface area (Å²) in [6, 6.07) is 22.7. The van der Waals surface area contributed by atoms with Gasteiger partial charge < -0.3 is 20.7 Å². The molecular weight excluding hydrogens is 809 g/mol. The Morgan fingerprint density at radius 2 is 1.62 bits per heavy atom. The molecule has 0 aliphatic carbocycles. The normalized spacial score (nSPS) is 10.6. The zero-order valence-corrected chi connectivity index (χ0v) is 31.6. The minimum absolute atomic E-state index is 0. The first-order valence-corrected chi connectivity index (χ1v) is 17.2. The monoisotopic (exact) mass is 841 g/mol. The molecule has 53 heavy (non-hydrogen) atoms. The largest absolute Gasteiger partial charge is 2.00 e. The number of unbranched alkanes of at least 4 members (excludes halogenated alkanes) is 3. The van der Waals surface area contributed by atoms with Crippen LogP contribution in [0.15, 0.2) is 97.5 Å². The second-order valence-electron chi connectivity index (χ2n) is 11.0. The van der Waals surface area contributed by atoms with Crippen molar-refractivity contribution in [3.63, 3.8) is 0 Å². The molecule has 1 N–H and O–H groups in total. The van der Waals surface area contributed by atoms with Gasteiger partial charge in [0.15, 0.2) is 0 Å². The van der Waals surface area contributed by atoms with E-state index in [-0.39, 0.29) is 30.7 Å². The zero-order chi connectivity index (χ0) is 37.3. The molecule has 0 aliphatic rings. The second-order valence-corrected chi connectivity index (χ2v) is 12.4. The second kappa shape index (κ2) is 21.5. The van der Waals surface area contributed by atoms with Crippen LogP contribution in [0.4, 0.5) is 13.2 Å². The molecule has 272 valence electrons. The van der Waals surface area contributed by atoms with Crippen molar-refractivity contribution in [1.29, 1.82) is 0 Å². The number of thiophene rings is 1. The van der Waals surface area contributed by atoms with Crippen LogP contribution in [-0.2, 0) is 32.1 Å². The van der Waals surface area contributed by atoms with Gasteiger partial charge in [0, 0.05) is 34.0 Å². The summed E-state index contributed by atoms with van der Waals surface area (Å²) in [5.41, 5.74) is 3.15. The molecule has 15 heteroatoms. The smallest absolute Gasteiger partial charge is 0.753 e. The number of isothiocyanates is 1. The minimum atomic E-state index is -4.50. The van der Waals surface area contributed by atoms with E-state index in [9.17, 15) is 18.0 Å². The molecule has 0 fully saturated rings. The van der Waals surface area contributed by atoms with Gasteiger partial charge >= 0.3 is 31.6 Å². The summed E-state index contributed by atoms with van der Waals surface area (Å²) in [5.74, 6) is -0.987. The van der Waals surface area contributed by atoms with Gasteiger partial charge in [-0.05, 0) is 85.1 Å². The predicted octanol–water partition coefficient (Wildman–Crippen LogP) is 10.0. The zero-order valence-electron chi connectivity index (χ0n) is 28.2. The van der Waals surface area contributed by atoms with Crippen molar-refractivity contribution in [3.05, 3.63) is 129 Å². The van der Waals surface area contributed by atoms with E-state index in [1.54, 1.807) is 41.9 Å². The maximum atomic E-state index is 12.6. The number of aromatic carboxylic acids is 1. The molecule has 6 aromatic heterocycles. The van der Waals surface area contributed by atoms with Gasteiger partial charge in [-0.2, -0.15) is 18.3 Å². The minimum Gasteiger partial charge on any atom is -0.753 e. The Labute approximate surface area is 326 Å². The molecule has 0 aliphatic heterocycles. The first-order valence-electron chi connectivity index (χ1n) is 16.0. The van der Waals surface area contributed by atoms with E-state index in [1.165, 1.54) is 58.9 Å². The fourth-order valence-electron chi connectivity index (χ4n) is 4.67. The summed E-state index contributed by atoms with van der Waals surface area (Å²) in [4.78, 5) is 30.7. The summed E-state index contributed by atoms with van der Waals surface area (Å²) in [7, 11) is 0. The van der Waals surface area contributed by atoms with Crippen molar-refractivity contribution in [2.75, 3.05) is 0 Å². The van der Waals surface area contributed by atoms with E-state index in [0.29, 0.717) is 17.1 Å². The summed E-state index contributed by atoms with van der Waals surface area (Å²) in [6.45, 7) is 2.21. The van der Waals surface area contributed by atoms with E-state index < -0.39 is 17.8 Å². The van der Waals surface area contributed by atoms with Gasteiger partial charge in [0.25, 0.3) is 0 Å². The number of nitrogens with zero attached hydrogens (tertiary/aromatic N) is 7. The van der Waals surface area contributed by atoms with Gasteiger partial charge in [-0.3, -0.25) is 15.0 Å². The Kier molecular flexibility index (Phi) is 17.1. The Bertz CT molecular complexity index is 2100. The van der Waals surface area contributed by atoms with Crippen LogP contribution in [0.1, 0.15) is 64.0 Å². The Morgan fingerprint density at radius 1 is 0.887 bits per heavy atom. The average molecular weight is 841 g/mol. The summed E-state index contributed by atoms with van der Waals surface area (Å²) < 4.78 is 37.8. The fraction of sp³-hybridized carbons (Fsp3) is 0.184. The quantitative estimate of drug-likeness (QED) is 0.0585. The number of hydrogen-bond acceptors (Lipinski definition) is 8. The number of carboxylic acid groups (broad SMARTS) is 1. The van der Waals surface area contributed by atoms with Gasteiger partial charge in [-0.25, -0.2) is 9.78 Å².